The first-order valence-electron chi connectivity index (χ1n) is 9.11. The van der Waals surface area contributed by atoms with Gasteiger partial charge in [0.1, 0.15) is 0 Å². The number of sulfonamides is 1. The lowest BCUT2D eigenvalue weighted by Gasteiger charge is -2.46. The highest BCUT2D eigenvalue weighted by atomic mass is 35.5. The predicted molar refractivity (Wildman–Crippen MR) is 102 cm³/mol. The summed E-state index contributed by atoms with van der Waals surface area (Å²) in [6.07, 6.45) is 5.62. The van der Waals surface area contributed by atoms with Gasteiger partial charge >= 0.3 is 0 Å². The molecule has 0 aliphatic carbocycles. The quantitative estimate of drug-likeness (QED) is 0.704. The topological polar surface area (TPSA) is 96.8 Å². The fourth-order valence-corrected chi connectivity index (χ4v) is 6.43. The van der Waals surface area contributed by atoms with Crippen molar-refractivity contribution in [1.29, 1.82) is 0 Å². The number of aryl methyl sites for hydroxylation is 1. The van der Waals surface area contributed by atoms with Gasteiger partial charge in [-0.1, -0.05) is 16.8 Å². The highest BCUT2D eigenvalue weighted by molar-refractivity contribution is 7.89. The number of nitrogens with one attached hydrogen (secondary N) is 1. The average Bonchev–Trinajstić information content (AvgIpc) is 3.30. The van der Waals surface area contributed by atoms with Gasteiger partial charge in [-0.3, -0.25) is 9.78 Å². The summed E-state index contributed by atoms with van der Waals surface area (Å²) < 4.78 is 30.4. The van der Waals surface area contributed by atoms with Gasteiger partial charge in [0, 0.05) is 47.9 Å². The van der Waals surface area contributed by atoms with Crippen LogP contribution in [0.3, 0.4) is 0 Å². The minimum atomic E-state index is -3.67. The largest absolute Gasteiger partial charge is 0.282 e. The molecule has 8 nitrogen and oxygen atoms in total. The molecule has 1 saturated heterocycles. The fourth-order valence-electron chi connectivity index (χ4n) is 4.49. The van der Waals surface area contributed by atoms with Crippen molar-refractivity contribution in [3.8, 4) is 0 Å². The summed E-state index contributed by atoms with van der Waals surface area (Å²) in [5.41, 5.74) is 2.88. The van der Waals surface area contributed by atoms with E-state index < -0.39 is 10.0 Å². The zero-order valence-corrected chi connectivity index (χ0v) is 16.7. The third kappa shape index (κ3) is 2.76. The van der Waals surface area contributed by atoms with Crippen LogP contribution < -0.4 is 0 Å². The Labute approximate surface area is 167 Å². The Kier molecular flexibility index (Phi) is 4.08. The van der Waals surface area contributed by atoms with Crippen LogP contribution in [0.1, 0.15) is 41.8 Å². The molecule has 2 bridgehead atoms. The van der Waals surface area contributed by atoms with E-state index in [0.717, 1.165) is 17.0 Å². The van der Waals surface area contributed by atoms with Crippen LogP contribution in [0.4, 0.5) is 0 Å². The van der Waals surface area contributed by atoms with Gasteiger partial charge in [-0.15, -0.1) is 5.10 Å². The minimum absolute atomic E-state index is 0.156. The van der Waals surface area contributed by atoms with Gasteiger partial charge in [0.25, 0.3) is 0 Å². The van der Waals surface area contributed by atoms with E-state index in [1.165, 1.54) is 0 Å². The molecule has 3 aromatic rings. The van der Waals surface area contributed by atoms with Crippen molar-refractivity contribution in [1.82, 2.24) is 29.5 Å². The summed E-state index contributed by atoms with van der Waals surface area (Å²) in [6.45, 7) is 0. The van der Waals surface area contributed by atoms with Crippen LogP contribution in [0, 0.1) is 0 Å². The Hall–Kier alpha value is -2.23. The van der Waals surface area contributed by atoms with Crippen molar-refractivity contribution >= 4 is 21.6 Å². The molecule has 1 N–H and O–H groups in total. The van der Waals surface area contributed by atoms with E-state index in [4.69, 9.17) is 11.6 Å². The summed E-state index contributed by atoms with van der Waals surface area (Å²) in [4.78, 5) is 0.261. The van der Waals surface area contributed by atoms with Gasteiger partial charge in [0.15, 0.2) is 0 Å². The van der Waals surface area contributed by atoms with E-state index >= 15 is 0 Å². The van der Waals surface area contributed by atoms with E-state index in [1.807, 2.05) is 13.2 Å². The van der Waals surface area contributed by atoms with Crippen LogP contribution in [0.25, 0.3) is 0 Å². The molecular weight excluding hydrogens is 400 g/mol. The molecule has 0 amide bonds. The third-order valence-corrected chi connectivity index (χ3v) is 7.94. The van der Waals surface area contributed by atoms with Gasteiger partial charge in [-0.25, -0.2) is 8.42 Å². The first kappa shape index (κ1) is 17.8. The highest BCUT2D eigenvalue weighted by Gasteiger charge is 2.48. The zero-order valence-electron chi connectivity index (χ0n) is 15.2. The molecule has 0 radical (unpaired) electrons. The minimum Gasteiger partial charge on any atom is -0.282 e. The van der Waals surface area contributed by atoms with Gasteiger partial charge in [-0.2, -0.15) is 9.40 Å². The first-order chi connectivity index (χ1) is 13.4. The molecule has 3 unspecified atom stereocenters. The molecule has 4 heterocycles. The number of nitrogens with zero attached hydrogens (tertiary/aromatic N) is 5. The summed E-state index contributed by atoms with van der Waals surface area (Å²) >= 11 is 5.95. The van der Waals surface area contributed by atoms with Crippen molar-refractivity contribution in [2.45, 2.75) is 42.2 Å². The Morgan fingerprint density at radius 2 is 2.00 bits per heavy atom. The van der Waals surface area contributed by atoms with Crippen LogP contribution in [0.15, 0.2) is 41.6 Å². The van der Waals surface area contributed by atoms with Crippen LogP contribution in [0.5, 0.6) is 0 Å². The van der Waals surface area contributed by atoms with E-state index in [-0.39, 0.29) is 22.9 Å². The number of fused-ring (bicyclic) bond motifs is 4. The molecule has 146 valence electrons. The Bertz CT molecular complexity index is 1120. The number of H-pyrrole nitrogens is 1. The Balaban J connectivity index is 1.57. The maximum absolute atomic E-state index is 13.5. The summed E-state index contributed by atoms with van der Waals surface area (Å²) in [5, 5.41) is 16.0. The van der Waals surface area contributed by atoms with Gasteiger partial charge in [-0.05, 0) is 37.1 Å². The lowest BCUT2D eigenvalue weighted by atomic mass is 9.78. The van der Waals surface area contributed by atoms with E-state index in [9.17, 15) is 8.42 Å². The van der Waals surface area contributed by atoms with Crippen molar-refractivity contribution in [3.05, 3.63) is 58.6 Å². The molecule has 5 rings (SSSR count). The number of hydrogen-bond donors (Lipinski definition) is 1. The molecule has 28 heavy (non-hydrogen) atoms. The number of halogens is 1. The second kappa shape index (κ2) is 6.40. The highest BCUT2D eigenvalue weighted by Crippen LogP contribution is 2.48. The lowest BCUT2D eigenvalue weighted by Crippen LogP contribution is -2.51. The average molecular weight is 419 g/mol. The molecule has 2 aliphatic heterocycles. The maximum atomic E-state index is 13.5. The second-order valence-corrected chi connectivity index (χ2v) is 9.73. The first-order valence-corrected chi connectivity index (χ1v) is 10.9. The van der Waals surface area contributed by atoms with Crippen LogP contribution in [0.2, 0.25) is 5.02 Å². The van der Waals surface area contributed by atoms with Gasteiger partial charge in [0.05, 0.1) is 22.8 Å². The maximum Gasteiger partial charge on any atom is 0.243 e. The molecule has 1 fully saturated rings. The normalized spacial score (nSPS) is 24.9. The predicted octanol–water partition coefficient (Wildman–Crippen LogP) is 2.43. The number of hydrogen-bond acceptors (Lipinski definition) is 5. The van der Waals surface area contributed by atoms with Gasteiger partial charge < -0.3 is 0 Å². The summed E-state index contributed by atoms with van der Waals surface area (Å²) in [7, 11) is -1.83. The van der Waals surface area contributed by atoms with Crippen LogP contribution in [-0.2, 0) is 23.5 Å². The Morgan fingerprint density at radius 1 is 1.21 bits per heavy atom. The number of aromatic nitrogens is 5. The molecule has 0 saturated carbocycles. The molecule has 1 aromatic carbocycles. The van der Waals surface area contributed by atoms with Crippen LogP contribution >= 0.6 is 11.6 Å². The fraction of sp³-hybridized carbons (Fsp3) is 0.389. The van der Waals surface area contributed by atoms with E-state index in [0.29, 0.717) is 24.3 Å². The van der Waals surface area contributed by atoms with E-state index in [2.05, 4.69) is 20.5 Å². The van der Waals surface area contributed by atoms with Gasteiger partial charge in [0.2, 0.25) is 10.0 Å². The zero-order chi connectivity index (χ0) is 19.5. The second-order valence-electron chi connectivity index (χ2n) is 7.45. The van der Waals surface area contributed by atoms with Crippen molar-refractivity contribution in [3.63, 3.8) is 0 Å². The van der Waals surface area contributed by atoms with Crippen molar-refractivity contribution in [2.75, 3.05) is 0 Å². The molecule has 0 spiro atoms. The summed E-state index contributed by atoms with van der Waals surface area (Å²) in [5.74, 6) is 0.156. The number of piperidine rings is 1. The molecule has 3 atom stereocenters. The number of rotatable bonds is 3. The SMILES string of the molecule is Cn1cc(C2CC3Cc4[nH]ncc4C(C2)N3S(=O)(=O)c2ccc(Cl)cc2)nn1. The van der Waals surface area contributed by atoms with Crippen LogP contribution in [-0.4, -0.2) is 44.0 Å². The summed E-state index contributed by atoms with van der Waals surface area (Å²) in [6, 6.07) is 5.91. The third-order valence-electron chi connectivity index (χ3n) is 5.71. The smallest absolute Gasteiger partial charge is 0.243 e. The number of benzene rings is 1. The monoisotopic (exact) mass is 418 g/mol. The lowest BCUT2D eigenvalue weighted by molar-refractivity contribution is 0.144. The Morgan fingerprint density at radius 3 is 2.71 bits per heavy atom. The standard InChI is InChI=1S/C18H19ClN6O2S/c1-24-10-17(22-23-24)11-6-13-8-16-15(9-20-21-16)18(7-11)25(13)28(26,27)14-4-2-12(19)3-5-14/h2-5,9-11,13,18H,6-8H2,1H3,(H,20,21). The van der Waals surface area contributed by atoms with Crippen molar-refractivity contribution < 1.29 is 8.42 Å². The molecule has 10 heteroatoms. The van der Waals surface area contributed by atoms with E-state index in [1.54, 1.807) is 39.4 Å². The van der Waals surface area contributed by atoms with Crippen molar-refractivity contribution in [2.24, 2.45) is 7.05 Å². The molecular formula is C18H19ClN6O2S. The molecule has 2 aromatic heterocycles. The number of aromatic amines is 1. The molecule has 2 aliphatic rings.